The molecule has 0 aliphatic heterocycles. The lowest BCUT2D eigenvalue weighted by Crippen LogP contribution is -2.42. The minimum atomic E-state index is -0.827. The van der Waals surface area contributed by atoms with Gasteiger partial charge < -0.3 is 19.5 Å². The third kappa shape index (κ3) is 5.79. The van der Waals surface area contributed by atoms with E-state index in [1.807, 2.05) is 0 Å². The molecule has 6 nitrogen and oxygen atoms in total. The topological polar surface area (TPSA) is 73.9 Å². The zero-order valence-corrected chi connectivity index (χ0v) is 15.6. The van der Waals surface area contributed by atoms with Gasteiger partial charge in [-0.15, -0.1) is 0 Å². The summed E-state index contributed by atoms with van der Waals surface area (Å²) in [6.07, 6.45) is 7.51. The molecule has 1 aliphatic carbocycles. The second kappa shape index (κ2) is 9.85. The molecule has 1 N–H and O–H groups in total. The molecule has 1 fully saturated rings. The summed E-state index contributed by atoms with van der Waals surface area (Å²) >= 11 is 0. The highest BCUT2D eigenvalue weighted by atomic mass is 16.5. The summed E-state index contributed by atoms with van der Waals surface area (Å²) in [4.78, 5) is 24.1. The van der Waals surface area contributed by atoms with E-state index in [-0.39, 0.29) is 11.9 Å². The molecule has 0 heterocycles. The second-order valence-corrected chi connectivity index (χ2v) is 6.36. The Morgan fingerprint density at radius 2 is 1.88 bits per heavy atom. The van der Waals surface area contributed by atoms with E-state index in [0.717, 1.165) is 25.7 Å². The van der Waals surface area contributed by atoms with Crippen molar-refractivity contribution in [1.82, 2.24) is 5.32 Å². The maximum Gasteiger partial charge on any atom is 0.331 e. The Morgan fingerprint density at radius 3 is 2.54 bits per heavy atom. The molecule has 1 saturated carbocycles. The minimum absolute atomic E-state index is 0.191. The van der Waals surface area contributed by atoms with Crippen LogP contribution in [0.1, 0.15) is 44.6 Å². The minimum Gasteiger partial charge on any atom is -0.497 e. The molecule has 1 amide bonds. The standard InChI is InChI=1S/C20H27NO5/c1-14(20(23)21-16-7-5-4-6-8-16)26-19(22)12-10-15-9-11-17(24-2)13-18(15)25-3/h9-14,16H,4-8H2,1-3H3,(H,21,23)/b12-10+. The van der Waals surface area contributed by atoms with Crippen molar-refractivity contribution in [1.29, 1.82) is 0 Å². The van der Waals surface area contributed by atoms with Crippen LogP contribution in [0.15, 0.2) is 24.3 Å². The van der Waals surface area contributed by atoms with Crippen molar-refractivity contribution in [2.24, 2.45) is 0 Å². The molecular formula is C20H27NO5. The smallest absolute Gasteiger partial charge is 0.331 e. The van der Waals surface area contributed by atoms with Crippen LogP contribution in [0, 0.1) is 0 Å². The third-order valence-electron chi connectivity index (χ3n) is 4.45. The number of amides is 1. The van der Waals surface area contributed by atoms with E-state index in [9.17, 15) is 9.59 Å². The predicted octanol–water partition coefficient (Wildman–Crippen LogP) is 3.10. The Hall–Kier alpha value is -2.50. The first-order valence-corrected chi connectivity index (χ1v) is 8.94. The number of benzene rings is 1. The average Bonchev–Trinajstić information content (AvgIpc) is 2.66. The van der Waals surface area contributed by atoms with E-state index in [2.05, 4.69) is 5.32 Å². The Kier molecular flexibility index (Phi) is 7.51. The fourth-order valence-electron chi connectivity index (χ4n) is 2.95. The lowest BCUT2D eigenvalue weighted by molar-refractivity contribution is -0.150. The highest BCUT2D eigenvalue weighted by Crippen LogP contribution is 2.25. The highest BCUT2D eigenvalue weighted by molar-refractivity contribution is 5.90. The maximum absolute atomic E-state index is 12.1. The Morgan fingerprint density at radius 1 is 1.15 bits per heavy atom. The molecule has 6 heteroatoms. The van der Waals surface area contributed by atoms with Crippen molar-refractivity contribution in [2.45, 2.75) is 51.2 Å². The molecule has 0 spiro atoms. The summed E-state index contributed by atoms with van der Waals surface area (Å²) in [6, 6.07) is 5.47. The van der Waals surface area contributed by atoms with Gasteiger partial charge >= 0.3 is 5.97 Å². The van der Waals surface area contributed by atoms with E-state index in [1.54, 1.807) is 45.4 Å². The van der Waals surface area contributed by atoms with Gasteiger partial charge in [0.1, 0.15) is 11.5 Å². The molecule has 2 rings (SSSR count). The summed E-state index contributed by atoms with van der Waals surface area (Å²) in [7, 11) is 3.11. The van der Waals surface area contributed by atoms with Gasteiger partial charge in [0.05, 0.1) is 14.2 Å². The Labute approximate surface area is 154 Å². The quantitative estimate of drug-likeness (QED) is 0.597. The van der Waals surface area contributed by atoms with E-state index < -0.39 is 12.1 Å². The van der Waals surface area contributed by atoms with Crippen LogP contribution >= 0.6 is 0 Å². The van der Waals surface area contributed by atoms with Crippen LogP contribution in [-0.4, -0.2) is 38.2 Å². The first kappa shape index (κ1) is 19.8. The van der Waals surface area contributed by atoms with E-state index >= 15 is 0 Å². The van der Waals surface area contributed by atoms with Gasteiger partial charge in [-0.2, -0.15) is 0 Å². The molecule has 0 aromatic heterocycles. The first-order chi connectivity index (χ1) is 12.5. The second-order valence-electron chi connectivity index (χ2n) is 6.36. The predicted molar refractivity (Wildman–Crippen MR) is 99.1 cm³/mol. The number of ether oxygens (including phenoxy) is 3. The van der Waals surface area contributed by atoms with Crippen LogP contribution in [0.5, 0.6) is 11.5 Å². The van der Waals surface area contributed by atoms with Gasteiger partial charge in [0.25, 0.3) is 5.91 Å². The van der Waals surface area contributed by atoms with E-state index in [0.29, 0.717) is 17.1 Å². The molecular weight excluding hydrogens is 334 g/mol. The van der Waals surface area contributed by atoms with Crippen molar-refractivity contribution < 1.29 is 23.8 Å². The number of nitrogens with one attached hydrogen (secondary N) is 1. The van der Waals surface area contributed by atoms with Gasteiger partial charge in [-0.25, -0.2) is 4.79 Å². The van der Waals surface area contributed by atoms with Crippen molar-refractivity contribution >= 4 is 18.0 Å². The van der Waals surface area contributed by atoms with Crippen LogP contribution in [0.3, 0.4) is 0 Å². The van der Waals surface area contributed by atoms with Crippen molar-refractivity contribution in [3.63, 3.8) is 0 Å². The first-order valence-electron chi connectivity index (χ1n) is 8.94. The van der Waals surface area contributed by atoms with Crippen LogP contribution < -0.4 is 14.8 Å². The normalized spacial score (nSPS) is 16.1. The van der Waals surface area contributed by atoms with Crippen LogP contribution in [0.4, 0.5) is 0 Å². The number of methoxy groups -OCH3 is 2. The lowest BCUT2D eigenvalue weighted by Gasteiger charge is -2.24. The van der Waals surface area contributed by atoms with E-state index in [1.165, 1.54) is 12.5 Å². The molecule has 142 valence electrons. The molecule has 0 saturated heterocycles. The molecule has 1 unspecified atom stereocenters. The monoisotopic (exact) mass is 361 g/mol. The van der Waals surface area contributed by atoms with Gasteiger partial charge in [0.2, 0.25) is 0 Å². The maximum atomic E-state index is 12.1. The Bertz CT molecular complexity index is 650. The molecule has 26 heavy (non-hydrogen) atoms. The molecule has 1 aliphatic rings. The number of carbonyl (C=O) groups excluding carboxylic acids is 2. The molecule has 0 radical (unpaired) electrons. The molecule has 0 bridgehead atoms. The number of esters is 1. The van der Waals surface area contributed by atoms with E-state index in [4.69, 9.17) is 14.2 Å². The van der Waals surface area contributed by atoms with Gasteiger partial charge in [0.15, 0.2) is 6.10 Å². The fourth-order valence-corrected chi connectivity index (χ4v) is 2.95. The molecule has 1 atom stereocenters. The SMILES string of the molecule is COc1ccc(/C=C/C(=O)OC(C)C(=O)NC2CCCCC2)c(OC)c1. The van der Waals surface area contributed by atoms with Crippen LogP contribution in [-0.2, 0) is 14.3 Å². The molecule has 1 aromatic carbocycles. The zero-order valence-electron chi connectivity index (χ0n) is 15.6. The van der Waals surface area contributed by atoms with Gasteiger partial charge in [-0.1, -0.05) is 19.3 Å². The zero-order chi connectivity index (χ0) is 18.9. The lowest BCUT2D eigenvalue weighted by atomic mass is 9.95. The van der Waals surface area contributed by atoms with Crippen LogP contribution in [0.25, 0.3) is 6.08 Å². The summed E-state index contributed by atoms with van der Waals surface area (Å²) in [5, 5.41) is 2.95. The number of carbonyl (C=O) groups is 2. The summed E-state index contributed by atoms with van der Waals surface area (Å²) < 4.78 is 15.6. The molecule has 1 aromatic rings. The summed E-state index contributed by atoms with van der Waals surface area (Å²) in [5.74, 6) is 0.418. The third-order valence-corrected chi connectivity index (χ3v) is 4.45. The van der Waals surface area contributed by atoms with Crippen molar-refractivity contribution in [3.05, 3.63) is 29.8 Å². The number of rotatable bonds is 7. The largest absolute Gasteiger partial charge is 0.497 e. The summed E-state index contributed by atoms with van der Waals surface area (Å²) in [6.45, 7) is 1.58. The van der Waals surface area contributed by atoms with Gasteiger partial charge in [0, 0.05) is 23.7 Å². The number of hydrogen-bond donors (Lipinski definition) is 1. The Balaban J connectivity index is 1.88. The van der Waals surface area contributed by atoms with Crippen molar-refractivity contribution in [2.75, 3.05) is 14.2 Å². The van der Waals surface area contributed by atoms with Crippen molar-refractivity contribution in [3.8, 4) is 11.5 Å². The fraction of sp³-hybridized carbons (Fsp3) is 0.500. The number of hydrogen-bond acceptors (Lipinski definition) is 5. The van der Waals surface area contributed by atoms with Crippen LogP contribution in [0.2, 0.25) is 0 Å². The van der Waals surface area contributed by atoms with Gasteiger partial charge in [-0.3, -0.25) is 4.79 Å². The van der Waals surface area contributed by atoms with Gasteiger partial charge in [-0.05, 0) is 38.0 Å². The average molecular weight is 361 g/mol. The summed E-state index contributed by atoms with van der Waals surface area (Å²) in [5.41, 5.74) is 0.713. The highest BCUT2D eigenvalue weighted by Gasteiger charge is 2.21.